The highest BCUT2D eigenvalue weighted by Gasteiger charge is 2.05. The van der Waals surface area contributed by atoms with Gasteiger partial charge in [0.25, 0.3) is 0 Å². The summed E-state index contributed by atoms with van der Waals surface area (Å²) >= 11 is 0. The second-order valence-electron chi connectivity index (χ2n) is 3.83. The summed E-state index contributed by atoms with van der Waals surface area (Å²) in [6.07, 6.45) is 2.72. The van der Waals surface area contributed by atoms with Gasteiger partial charge in [-0.25, -0.2) is 4.79 Å². The van der Waals surface area contributed by atoms with Crippen LogP contribution in [0, 0.1) is 0 Å². The molecule has 0 aliphatic carbocycles. The molecule has 2 amide bonds. The highest BCUT2D eigenvalue weighted by molar-refractivity contribution is 5.94. The summed E-state index contributed by atoms with van der Waals surface area (Å²) < 4.78 is 4.64. The molecule has 0 unspecified atom stereocenters. The molecular formula is C14H18N2O4. The lowest BCUT2D eigenvalue weighted by Gasteiger charge is -2.07. The van der Waals surface area contributed by atoms with E-state index in [0.717, 1.165) is 5.56 Å². The van der Waals surface area contributed by atoms with Gasteiger partial charge in [-0.1, -0.05) is 24.3 Å². The van der Waals surface area contributed by atoms with Crippen LogP contribution in [0.5, 0.6) is 0 Å². The Balaban J connectivity index is 2.49. The molecule has 0 saturated carbocycles. The highest BCUT2D eigenvalue weighted by atomic mass is 16.5. The number of anilines is 1. The van der Waals surface area contributed by atoms with E-state index in [-0.39, 0.29) is 25.7 Å². The molecule has 0 aromatic heterocycles. The van der Waals surface area contributed by atoms with Crippen LogP contribution in [0.4, 0.5) is 10.5 Å². The Morgan fingerprint density at radius 1 is 1.40 bits per heavy atom. The number of amides is 2. The number of carbonyl (C=O) groups is 2. The molecule has 3 N–H and O–H groups in total. The van der Waals surface area contributed by atoms with E-state index in [2.05, 4.69) is 15.4 Å². The second kappa shape index (κ2) is 8.71. The lowest BCUT2D eigenvalue weighted by molar-refractivity contribution is -0.115. The van der Waals surface area contributed by atoms with Crippen molar-refractivity contribution in [2.45, 2.75) is 6.92 Å². The quantitative estimate of drug-likeness (QED) is 0.733. The molecule has 1 aromatic rings. The second-order valence-corrected chi connectivity index (χ2v) is 3.83. The average Bonchev–Trinajstić information content (AvgIpc) is 2.44. The van der Waals surface area contributed by atoms with Gasteiger partial charge in [0.1, 0.15) is 6.54 Å². The molecule has 0 fully saturated rings. The van der Waals surface area contributed by atoms with Gasteiger partial charge in [-0.3, -0.25) is 4.79 Å². The zero-order valence-corrected chi connectivity index (χ0v) is 11.3. The lowest BCUT2D eigenvalue weighted by atomic mass is 10.2. The Bertz CT molecular complexity index is 486. The molecule has 6 nitrogen and oxygen atoms in total. The van der Waals surface area contributed by atoms with Crippen molar-refractivity contribution in [1.82, 2.24) is 5.32 Å². The maximum absolute atomic E-state index is 11.6. The number of benzene rings is 1. The summed E-state index contributed by atoms with van der Waals surface area (Å²) in [5.74, 6) is -0.346. The van der Waals surface area contributed by atoms with Gasteiger partial charge in [0.2, 0.25) is 5.91 Å². The molecule has 0 aliphatic heterocycles. The lowest BCUT2D eigenvalue weighted by Crippen LogP contribution is -2.33. The topological polar surface area (TPSA) is 87.7 Å². The standard InChI is InChI=1S/C14H18N2O4/c1-2-20-14(19)15-10-13(18)16-12-7-3-5-11(9-12)6-4-8-17/h3-7,9,17H,2,8,10H2,1H3,(H,15,19)(H,16,18)/b6-4+. The van der Waals surface area contributed by atoms with Gasteiger partial charge in [0.05, 0.1) is 13.2 Å². The third-order valence-electron chi connectivity index (χ3n) is 2.25. The predicted molar refractivity (Wildman–Crippen MR) is 76.2 cm³/mol. The van der Waals surface area contributed by atoms with Gasteiger partial charge in [0, 0.05) is 5.69 Å². The Morgan fingerprint density at radius 3 is 2.90 bits per heavy atom. The van der Waals surface area contributed by atoms with E-state index in [4.69, 9.17) is 5.11 Å². The van der Waals surface area contributed by atoms with Crippen LogP contribution in [0.2, 0.25) is 0 Å². The fraction of sp³-hybridized carbons (Fsp3) is 0.286. The molecule has 0 atom stereocenters. The maximum atomic E-state index is 11.6. The van der Waals surface area contributed by atoms with E-state index in [1.54, 1.807) is 37.3 Å². The fourth-order valence-corrected chi connectivity index (χ4v) is 1.45. The van der Waals surface area contributed by atoms with Crippen molar-refractivity contribution in [3.63, 3.8) is 0 Å². The van der Waals surface area contributed by atoms with Crippen molar-refractivity contribution in [1.29, 1.82) is 0 Å². The first-order valence-electron chi connectivity index (χ1n) is 6.23. The molecule has 0 heterocycles. The molecule has 0 aliphatic rings. The first-order valence-corrected chi connectivity index (χ1v) is 6.23. The molecule has 1 rings (SSSR count). The minimum atomic E-state index is -0.623. The van der Waals surface area contributed by atoms with Crippen LogP contribution in [0.25, 0.3) is 6.08 Å². The summed E-state index contributed by atoms with van der Waals surface area (Å²) in [4.78, 5) is 22.6. The van der Waals surface area contributed by atoms with Crippen LogP contribution < -0.4 is 10.6 Å². The third-order valence-corrected chi connectivity index (χ3v) is 2.25. The Morgan fingerprint density at radius 2 is 2.20 bits per heavy atom. The Labute approximate surface area is 117 Å². The number of aliphatic hydroxyl groups excluding tert-OH is 1. The highest BCUT2D eigenvalue weighted by Crippen LogP contribution is 2.11. The Kier molecular flexibility index (Phi) is 6.84. The number of hydrogen-bond acceptors (Lipinski definition) is 4. The minimum Gasteiger partial charge on any atom is -0.450 e. The molecular weight excluding hydrogens is 260 g/mol. The SMILES string of the molecule is CCOC(=O)NCC(=O)Nc1cccc(/C=C/CO)c1. The summed E-state index contributed by atoms with van der Waals surface area (Å²) in [5, 5.41) is 13.7. The number of rotatable bonds is 6. The van der Waals surface area contributed by atoms with Crippen LogP contribution in [-0.2, 0) is 9.53 Å². The van der Waals surface area contributed by atoms with E-state index >= 15 is 0 Å². The molecule has 6 heteroatoms. The van der Waals surface area contributed by atoms with Gasteiger partial charge < -0.3 is 20.5 Å². The third kappa shape index (κ3) is 6.01. The van der Waals surface area contributed by atoms with E-state index < -0.39 is 6.09 Å². The summed E-state index contributed by atoms with van der Waals surface area (Å²) in [6, 6.07) is 7.12. The molecule has 0 spiro atoms. The monoisotopic (exact) mass is 278 g/mol. The largest absolute Gasteiger partial charge is 0.450 e. The first kappa shape index (κ1) is 15.7. The minimum absolute atomic E-state index is 0.0416. The average molecular weight is 278 g/mol. The van der Waals surface area contributed by atoms with Crippen LogP contribution in [0.3, 0.4) is 0 Å². The molecule has 1 aromatic carbocycles. The molecule has 0 radical (unpaired) electrons. The predicted octanol–water partition coefficient (Wildman–Crippen LogP) is 1.38. The van der Waals surface area contributed by atoms with Crippen molar-refractivity contribution in [3.8, 4) is 0 Å². The van der Waals surface area contributed by atoms with E-state index in [1.807, 2.05) is 6.07 Å². The van der Waals surface area contributed by atoms with Crippen molar-refractivity contribution in [3.05, 3.63) is 35.9 Å². The molecule has 0 bridgehead atoms. The van der Waals surface area contributed by atoms with Crippen LogP contribution in [0.15, 0.2) is 30.3 Å². The van der Waals surface area contributed by atoms with Crippen molar-refractivity contribution in [2.24, 2.45) is 0 Å². The van der Waals surface area contributed by atoms with Crippen LogP contribution >= 0.6 is 0 Å². The van der Waals surface area contributed by atoms with Crippen molar-refractivity contribution >= 4 is 23.8 Å². The molecule has 0 saturated heterocycles. The fourth-order valence-electron chi connectivity index (χ4n) is 1.45. The van der Waals surface area contributed by atoms with Gasteiger partial charge in [0.15, 0.2) is 0 Å². The molecule has 20 heavy (non-hydrogen) atoms. The maximum Gasteiger partial charge on any atom is 0.407 e. The van der Waals surface area contributed by atoms with E-state index in [1.165, 1.54) is 0 Å². The number of aliphatic hydroxyl groups is 1. The van der Waals surface area contributed by atoms with E-state index in [9.17, 15) is 9.59 Å². The zero-order chi connectivity index (χ0) is 14.8. The van der Waals surface area contributed by atoms with Gasteiger partial charge in [-0.05, 0) is 24.6 Å². The van der Waals surface area contributed by atoms with Crippen LogP contribution in [0.1, 0.15) is 12.5 Å². The number of carbonyl (C=O) groups excluding carboxylic acids is 2. The number of nitrogens with one attached hydrogen (secondary N) is 2. The van der Waals surface area contributed by atoms with Crippen molar-refractivity contribution in [2.75, 3.05) is 25.1 Å². The summed E-state index contributed by atoms with van der Waals surface area (Å²) in [5.41, 5.74) is 1.47. The number of ether oxygens (including phenoxy) is 1. The van der Waals surface area contributed by atoms with Gasteiger partial charge in [-0.2, -0.15) is 0 Å². The van der Waals surface area contributed by atoms with Crippen molar-refractivity contribution < 1.29 is 19.4 Å². The smallest absolute Gasteiger partial charge is 0.407 e. The number of hydrogen-bond donors (Lipinski definition) is 3. The van der Waals surface area contributed by atoms with Crippen LogP contribution in [-0.4, -0.2) is 36.9 Å². The normalized spacial score (nSPS) is 10.3. The van der Waals surface area contributed by atoms with Gasteiger partial charge in [-0.15, -0.1) is 0 Å². The van der Waals surface area contributed by atoms with Gasteiger partial charge >= 0.3 is 6.09 Å². The molecule has 108 valence electrons. The number of alkyl carbamates (subject to hydrolysis) is 1. The first-order chi connectivity index (χ1) is 9.65. The Hall–Kier alpha value is -2.34. The van der Waals surface area contributed by atoms with E-state index in [0.29, 0.717) is 5.69 Å². The summed E-state index contributed by atoms with van der Waals surface area (Å²) in [6.45, 7) is 1.74. The zero-order valence-electron chi connectivity index (χ0n) is 11.3. The summed E-state index contributed by atoms with van der Waals surface area (Å²) in [7, 11) is 0.